The number of carbonyl (C=O) groups is 1. The Morgan fingerprint density at radius 2 is 2.17 bits per heavy atom. The van der Waals surface area contributed by atoms with Gasteiger partial charge in [0.2, 0.25) is 0 Å². The summed E-state index contributed by atoms with van der Waals surface area (Å²) in [7, 11) is 1.63. The Kier molecular flexibility index (Phi) is 4.85. The van der Waals surface area contributed by atoms with Crippen LogP contribution in [0.5, 0.6) is 5.75 Å². The fraction of sp³-hybridized carbons (Fsp3) is 0.444. The van der Waals surface area contributed by atoms with Gasteiger partial charge in [-0.3, -0.25) is 14.4 Å². The summed E-state index contributed by atoms with van der Waals surface area (Å²) < 4.78 is 7.32. The molecule has 0 bridgehead atoms. The number of likely N-dealkylation sites (tertiary alicyclic amines) is 1. The zero-order valence-corrected chi connectivity index (χ0v) is 14.1. The quantitative estimate of drug-likeness (QED) is 0.880. The number of aliphatic carboxylic acids is 1. The maximum Gasteiger partial charge on any atom is 0.308 e. The molecule has 2 heterocycles. The van der Waals surface area contributed by atoms with Gasteiger partial charge in [-0.2, -0.15) is 5.10 Å². The highest BCUT2D eigenvalue weighted by molar-refractivity contribution is 5.72. The number of ether oxygens (including phenoxy) is 1. The second-order valence-electron chi connectivity index (χ2n) is 6.19. The minimum absolute atomic E-state index is 0.0696. The van der Waals surface area contributed by atoms with Crippen LogP contribution in [-0.4, -0.2) is 46.0 Å². The molecule has 2 atom stereocenters. The molecule has 6 heteroatoms. The van der Waals surface area contributed by atoms with Crippen LogP contribution in [0.3, 0.4) is 0 Å². The van der Waals surface area contributed by atoms with E-state index < -0.39 is 11.9 Å². The monoisotopic (exact) mass is 329 g/mol. The smallest absolute Gasteiger partial charge is 0.308 e. The molecule has 1 aromatic heterocycles. The number of methoxy groups -OCH3 is 1. The van der Waals surface area contributed by atoms with E-state index in [-0.39, 0.29) is 5.92 Å². The molecule has 2 aromatic rings. The van der Waals surface area contributed by atoms with Crippen LogP contribution in [0.1, 0.15) is 24.0 Å². The van der Waals surface area contributed by atoms with E-state index in [0.717, 1.165) is 30.0 Å². The first kappa shape index (κ1) is 16.5. The highest BCUT2D eigenvalue weighted by atomic mass is 16.5. The van der Waals surface area contributed by atoms with Gasteiger partial charge in [0.05, 0.1) is 19.2 Å². The topological polar surface area (TPSA) is 67.6 Å². The van der Waals surface area contributed by atoms with E-state index in [1.54, 1.807) is 7.11 Å². The Balaban J connectivity index is 1.80. The maximum atomic E-state index is 11.7. The van der Waals surface area contributed by atoms with Gasteiger partial charge in [0.25, 0.3) is 0 Å². The molecule has 1 N–H and O–H groups in total. The summed E-state index contributed by atoms with van der Waals surface area (Å²) in [5, 5.41) is 13.9. The standard InChI is InChI=1S/C18H23N3O3/c1-3-21-10-13(8-19-21)9-20-11-15(16(12-20)18(22)23)14-6-4-5-7-17(14)24-2/h4-8,10,15-16H,3,9,11-12H2,1-2H3,(H,22,23)/t15-,16+/m1/s1. The van der Waals surface area contributed by atoms with Gasteiger partial charge >= 0.3 is 5.97 Å². The van der Waals surface area contributed by atoms with Gasteiger partial charge < -0.3 is 9.84 Å². The molecule has 24 heavy (non-hydrogen) atoms. The Morgan fingerprint density at radius 3 is 2.83 bits per heavy atom. The third-order valence-corrected chi connectivity index (χ3v) is 4.67. The molecule has 0 unspecified atom stereocenters. The predicted molar refractivity (Wildman–Crippen MR) is 90.0 cm³/mol. The van der Waals surface area contributed by atoms with Crippen LogP contribution < -0.4 is 4.74 Å². The number of para-hydroxylation sites is 1. The number of aromatic nitrogens is 2. The van der Waals surface area contributed by atoms with Crippen molar-refractivity contribution in [1.82, 2.24) is 14.7 Å². The number of hydrogen-bond acceptors (Lipinski definition) is 4. The van der Waals surface area contributed by atoms with Crippen LogP contribution in [0.2, 0.25) is 0 Å². The molecular weight excluding hydrogens is 306 g/mol. The Morgan fingerprint density at radius 1 is 1.38 bits per heavy atom. The molecule has 1 aliphatic heterocycles. The van der Waals surface area contributed by atoms with Gasteiger partial charge in [-0.25, -0.2) is 0 Å². The van der Waals surface area contributed by atoms with Crippen molar-refractivity contribution in [2.75, 3.05) is 20.2 Å². The molecule has 0 spiro atoms. The lowest BCUT2D eigenvalue weighted by Gasteiger charge is -2.18. The number of rotatable bonds is 6. The SMILES string of the molecule is CCn1cc(CN2C[C@H](C(=O)O)[C@@H](c3ccccc3OC)C2)cn1. The molecule has 0 amide bonds. The lowest BCUT2D eigenvalue weighted by Crippen LogP contribution is -2.23. The largest absolute Gasteiger partial charge is 0.496 e. The zero-order chi connectivity index (χ0) is 17.1. The van der Waals surface area contributed by atoms with E-state index in [1.807, 2.05) is 48.3 Å². The van der Waals surface area contributed by atoms with Crippen LogP contribution in [0.4, 0.5) is 0 Å². The first-order chi connectivity index (χ1) is 11.6. The van der Waals surface area contributed by atoms with Crippen molar-refractivity contribution in [2.24, 2.45) is 5.92 Å². The highest BCUT2D eigenvalue weighted by Crippen LogP contribution is 2.38. The van der Waals surface area contributed by atoms with Crippen molar-refractivity contribution in [3.63, 3.8) is 0 Å². The summed E-state index contributed by atoms with van der Waals surface area (Å²) in [6.45, 7) is 4.84. The zero-order valence-electron chi connectivity index (χ0n) is 14.1. The second kappa shape index (κ2) is 7.05. The van der Waals surface area contributed by atoms with Crippen molar-refractivity contribution in [2.45, 2.75) is 25.9 Å². The van der Waals surface area contributed by atoms with Crippen molar-refractivity contribution >= 4 is 5.97 Å². The van der Waals surface area contributed by atoms with Crippen molar-refractivity contribution in [3.05, 3.63) is 47.8 Å². The average Bonchev–Trinajstić information content (AvgIpc) is 3.22. The fourth-order valence-corrected chi connectivity index (χ4v) is 3.47. The minimum atomic E-state index is -0.752. The van der Waals surface area contributed by atoms with E-state index in [9.17, 15) is 9.90 Å². The fourth-order valence-electron chi connectivity index (χ4n) is 3.47. The van der Waals surface area contributed by atoms with Gasteiger partial charge in [0.15, 0.2) is 0 Å². The number of aryl methyl sites for hydroxylation is 1. The van der Waals surface area contributed by atoms with Crippen LogP contribution in [-0.2, 0) is 17.9 Å². The van der Waals surface area contributed by atoms with Crippen molar-refractivity contribution in [1.29, 1.82) is 0 Å². The van der Waals surface area contributed by atoms with Crippen LogP contribution in [0, 0.1) is 5.92 Å². The summed E-state index contributed by atoms with van der Waals surface area (Å²) >= 11 is 0. The lowest BCUT2D eigenvalue weighted by molar-refractivity contribution is -0.141. The Hall–Kier alpha value is -2.34. The molecule has 0 saturated carbocycles. The average molecular weight is 329 g/mol. The summed E-state index contributed by atoms with van der Waals surface area (Å²) in [6.07, 6.45) is 3.88. The second-order valence-corrected chi connectivity index (χ2v) is 6.19. The Bertz CT molecular complexity index is 713. The molecule has 0 aliphatic carbocycles. The molecule has 0 radical (unpaired) electrons. The number of hydrogen-bond donors (Lipinski definition) is 1. The van der Waals surface area contributed by atoms with E-state index in [2.05, 4.69) is 10.00 Å². The number of carboxylic acids is 1. The first-order valence-corrected chi connectivity index (χ1v) is 8.21. The minimum Gasteiger partial charge on any atom is -0.496 e. The number of carboxylic acid groups (broad SMARTS) is 1. The maximum absolute atomic E-state index is 11.7. The van der Waals surface area contributed by atoms with Gasteiger partial charge in [-0.1, -0.05) is 18.2 Å². The van der Waals surface area contributed by atoms with Crippen LogP contribution >= 0.6 is 0 Å². The number of nitrogens with zero attached hydrogens (tertiary/aromatic N) is 3. The van der Waals surface area contributed by atoms with Crippen molar-refractivity contribution in [3.8, 4) is 5.75 Å². The summed E-state index contributed by atoms with van der Waals surface area (Å²) in [6, 6.07) is 7.70. The molecule has 1 aromatic carbocycles. The van der Waals surface area contributed by atoms with E-state index in [0.29, 0.717) is 13.1 Å². The number of benzene rings is 1. The predicted octanol–water partition coefficient (Wildman–Crippen LogP) is 2.21. The van der Waals surface area contributed by atoms with Crippen LogP contribution in [0.25, 0.3) is 0 Å². The van der Waals surface area contributed by atoms with E-state index in [1.165, 1.54) is 0 Å². The molecule has 1 aliphatic rings. The summed E-state index contributed by atoms with van der Waals surface area (Å²) in [5.41, 5.74) is 2.08. The third-order valence-electron chi connectivity index (χ3n) is 4.67. The van der Waals surface area contributed by atoms with E-state index in [4.69, 9.17) is 4.74 Å². The van der Waals surface area contributed by atoms with Gasteiger partial charge in [0, 0.05) is 43.9 Å². The molecule has 3 rings (SSSR count). The molecule has 1 fully saturated rings. The summed E-state index contributed by atoms with van der Waals surface area (Å²) in [4.78, 5) is 13.9. The normalized spacial score (nSPS) is 21.1. The van der Waals surface area contributed by atoms with Gasteiger partial charge in [-0.15, -0.1) is 0 Å². The highest BCUT2D eigenvalue weighted by Gasteiger charge is 2.39. The molecule has 6 nitrogen and oxygen atoms in total. The molecule has 128 valence electrons. The first-order valence-electron chi connectivity index (χ1n) is 8.21. The van der Waals surface area contributed by atoms with Crippen molar-refractivity contribution < 1.29 is 14.6 Å². The molecule has 1 saturated heterocycles. The van der Waals surface area contributed by atoms with Crippen LogP contribution in [0.15, 0.2) is 36.7 Å². The van der Waals surface area contributed by atoms with Gasteiger partial charge in [-0.05, 0) is 18.6 Å². The third kappa shape index (κ3) is 3.28. The lowest BCUT2D eigenvalue weighted by atomic mass is 9.88. The van der Waals surface area contributed by atoms with Gasteiger partial charge in [0.1, 0.15) is 5.75 Å². The summed E-state index contributed by atoms with van der Waals surface area (Å²) in [5.74, 6) is -0.491. The Labute approximate surface area is 141 Å². The van der Waals surface area contributed by atoms with E-state index >= 15 is 0 Å². The molecular formula is C18H23N3O3.